The van der Waals surface area contributed by atoms with Crippen molar-refractivity contribution < 1.29 is 24.5 Å². The van der Waals surface area contributed by atoms with E-state index in [9.17, 15) is 19.8 Å². The van der Waals surface area contributed by atoms with Crippen LogP contribution in [0.25, 0.3) is 0 Å². The van der Waals surface area contributed by atoms with E-state index in [4.69, 9.17) is 4.74 Å². The first-order valence-corrected chi connectivity index (χ1v) is 26.2. The van der Waals surface area contributed by atoms with E-state index in [1.165, 1.54) is 96.3 Å². The molecule has 1 amide bonds. The minimum Gasteiger partial charge on any atom is -0.462 e. The quantitative estimate of drug-likeness (QED) is 0.0322. The van der Waals surface area contributed by atoms with Crippen LogP contribution in [0.3, 0.4) is 0 Å². The SMILES string of the molecule is CC/C=C/C/C=C/C/C=C/CCCCCCCCC(=O)OC(CCCC/C=C/C/C=C/C/C=C/CC)CC(=O)NC(CO)C(O)CCCCCCCCCCCCCCCCC. The van der Waals surface area contributed by atoms with Crippen LogP contribution in [-0.4, -0.2) is 46.9 Å². The molecule has 0 bridgehead atoms. The highest BCUT2D eigenvalue weighted by Crippen LogP contribution is 2.17. The molecule has 0 rings (SSSR count). The largest absolute Gasteiger partial charge is 0.462 e. The van der Waals surface area contributed by atoms with Crippen LogP contribution >= 0.6 is 0 Å². The van der Waals surface area contributed by atoms with E-state index in [2.05, 4.69) is 99.0 Å². The van der Waals surface area contributed by atoms with Crippen molar-refractivity contribution in [3.8, 4) is 0 Å². The predicted octanol–water partition coefficient (Wildman–Crippen LogP) is 15.8. The molecule has 0 radical (unpaired) electrons. The molecule has 0 heterocycles. The van der Waals surface area contributed by atoms with Crippen LogP contribution in [0, 0.1) is 0 Å². The second kappa shape index (κ2) is 49.3. The fraction of sp³-hybridized carbons (Fsp3) is 0.750. The number of allylic oxidation sites excluding steroid dienone is 12. The Morgan fingerprint density at radius 1 is 0.484 bits per heavy atom. The first-order valence-electron chi connectivity index (χ1n) is 26.2. The van der Waals surface area contributed by atoms with E-state index in [0.29, 0.717) is 19.3 Å². The zero-order valence-corrected chi connectivity index (χ0v) is 40.7. The maximum atomic E-state index is 13.2. The number of aliphatic hydroxyl groups is 2. The summed E-state index contributed by atoms with van der Waals surface area (Å²) in [4.78, 5) is 26.1. The van der Waals surface area contributed by atoms with Crippen molar-refractivity contribution in [3.05, 3.63) is 72.9 Å². The molecule has 0 saturated heterocycles. The van der Waals surface area contributed by atoms with E-state index in [-0.39, 0.29) is 24.9 Å². The zero-order chi connectivity index (χ0) is 45.2. The summed E-state index contributed by atoms with van der Waals surface area (Å²) in [6.45, 7) is 6.25. The van der Waals surface area contributed by atoms with E-state index in [0.717, 1.165) is 103 Å². The van der Waals surface area contributed by atoms with Gasteiger partial charge in [0.15, 0.2) is 0 Å². The van der Waals surface area contributed by atoms with Gasteiger partial charge in [0.2, 0.25) is 5.91 Å². The Kier molecular flexibility index (Phi) is 47.2. The van der Waals surface area contributed by atoms with Gasteiger partial charge in [0, 0.05) is 6.42 Å². The zero-order valence-electron chi connectivity index (χ0n) is 40.7. The highest BCUT2D eigenvalue weighted by Gasteiger charge is 2.24. The van der Waals surface area contributed by atoms with Crippen molar-refractivity contribution in [3.63, 3.8) is 0 Å². The molecule has 3 N–H and O–H groups in total. The molecule has 0 aliphatic heterocycles. The summed E-state index contributed by atoms with van der Waals surface area (Å²) < 4.78 is 5.91. The lowest BCUT2D eigenvalue weighted by molar-refractivity contribution is -0.151. The third kappa shape index (κ3) is 43.9. The highest BCUT2D eigenvalue weighted by molar-refractivity contribution is 5.77. The van der Waals surface area contributed by atoms with Crippen molar-refractivity contribution in [1.29, 1.82) is 0 Å². The Labute approximate surface area is 383 Å². The van der Waals surface area contributed by atoms with Gasteiger partial charge in [-0.15, -0.1) is 0 Å². The fourth-order valence-corrected chi connectivity index (χ4v) is 7.64. The number of esters is 1. The lowest BCUT2D eigenvalue weighted by Crippen LogP contribution is -2.46. The number of nitrogens with one attached hydrogen (secondary N) is 1. The standard InChI is InChI=1S/C56H99NO5/c1-4-7-10-13-16-19-22-25-27-29-31-34-37-40-43-46-49-56(61)62-52(47-44-41-38-35-32-24-21-18-15-12-9-6-3)50-55(60)57-53(51-58)54(59)48-45-42-39-36-33-30-28-26-23-20-17-14-11-8-5-2/h7,9-10,12,16,18-19,21,25,27,32,35,52-54,58-59H,4-6,8,11,13-15,17,20,22-24,26,28-31,33-34,36-51H2,1-3H3,(H,57,60)/b10-7+,12-9+,19-16+,21-18+,27-25+,35-32+. The Hall–Kier alpha value is -2.70. The maximum Gasteiger partial charge on any atom is 0.306 e. The summed E-state index contributed by atoms with van der Waals surface area (Å²) in [5.41, 5.74) is 0. The van der Waals surface area contributed by atoms with Crippen molar-refractivity contribution >= 4 is 11.9 Å². The average Bonchev–Trinajstić information content (AvgIpc) is 3.26. The van der Waals surface area contributed by atoms with E-state index < -0.39 is 18.2 Å². The smallest absolute Gasteiger partial charge is 0.306 e. The van der Waals surface area contributed by atoms with Crippen LogP contribution in [0.2, 0.25) is 0 Å². The van der Waals surface area contributed by atoms with Gasteiger partial charge in [-0.25, -0.2) is 0 Å². The van der Waals surface area contributed by atoms with Gasteiger partial charge in [-0.05, 0) is 89.9 Å². The molecule has 3 unspecified atom stereocenters. The number of unbranched alkanes of at least 4 members (excludes halogenated alkanes) is 22. The summed E-state index contributed by atoms with van der Waals surface area (Å²) in [5, 5.41) is 23.8. The van der Waals surface area contributed by atoms with Crippen LogP contribution in [0.5, 0.6) is 0 Å². The van der Waals surface area contributed by atoms with Gasteiger partial charge in [-0.2, -0.15) is 0 Å². The molecule has 0 aromatic heterocycles. The Balaban J connectivity index is 4.59. The first-order chi connectivity index (χ1) is 30.5. The van der Waals surface area contributed by atoms with Crippen molar-refractivity contribution in [2.24, 2.45) is 0 Å². The summed E-state index contributed by atoms with van der Waals surface area (Å²) >= 11 is 0. The number of carbonyl (C=O) groups excluding carboxylic acids is 2. The topological polar surface area (TPSA) is 95.9 Å². The van der Waals surface area contributed by atoms with Crippen LogP contribution in [-0.2, 0) is 14.3 Å². The maximum absolute atomic E-state index is 13.2. The monoisotopic (exact) mass is 866 g/mol. The summed E-state index contributed by atoms with van der Waals surface area (Å²) in [5.74, 6) is -0.528. The number of hydrogen-bond acceptors (Lipinski definition) is 5. The molecule has 0 aliphatic carbocycles. The van der Waals surface area contributed by atoms with Crippen LogP contribution in [0.4, 0.5) is 0 Å². The molecule has 0 spiro atoms. The predicted molar refractivity (Wildman–Crippen MR) is 268 cm³/mol. The van der Waals surface area contributed by atoms with Crippen LogP contribution in [0.15, 0.2) is 72.9 Å². The van der Waals surface area contributed by atoms with Gasteiger partial charge < -0.3 is 20.3 Å². The Morgan fingerprint density at radius 3 is 1.34 bits per heavy atom. The Bertz CT molecular complexity index is 1150. The summed E-state index contributed by atoms with van der Waals surface area (Å²) in [6, 6.07) is -0.719. The number of amides is 1. The van der Waals surface area contributed by atoms with Gasteiger partial charge in [0.1, 0.15) is 6.10 Å². The van der Waals surface area contributed by atoms with Crippen molar-refractivity contribution in [1.82, 2.24) is 5.32 Å². The molecule has 0 saturated carbocycles. The molecule has 0 aliphatic rings. The number of ether oxygens (including phenoxy) is 1. The molecular formula is C56H99NO5. The van der Waals surface area contributed by atoms with E-state index >= 15 is 0 Å². The molecule has 358 valence electrons. The molecule has 6 nitrogen and oxygen atoms in total. The van der Waals surface area contributed by atoms with Crippen molar-refractivity contribution in [2.75, 3.05) is 6.61 Å². The molecule has 62 heavy (non-hydrogen) atoms. The van der Waals surface area contributed by atoms with Crippen molar-refractivity contribution in [2.45, 2.75) is 264 Å². The van der Waals surface area contributed by atoms with E-state index in [1.54, 1.807) is 0 Å². The normalized spacial score (nSPS) is 13.8. The first kappa shape index (κ1) is 59.3. The molecular weight excluding hydrogens is 767 g/mol. The Morgan fingerprint density at radius 2 is 0.871 bits per heavy atom. The number of aliphatic hydroxyl groups excluding tert-OH is 2. The van der Waals surface area contributed by atoms with Crippen LogP contribution < -0.4 is 5.32 Å². The van der Waals surface area contributed by atoms with Gasteiger partial charge >= 0.3 is 5.97 Å². The minimum atomic E-state index is -0.803. The average molecular weight is 866 g/mol. The molecule has 3 atom stereocenters. The molecule has 0 fully saturated rings. The fourth-order valence-electron chi connectivity index (χ4n) is 7.64. The molecule has 0 aromatic carbocycles. The van der Waals surface area contributed by atoms with Crippen LogP contribution in [0.1, 0.15) is 245 Å². The second-order valence-corrected chi connectivity index (χ2v) is 17.5. The van der Waals surface area contributed by atoms with E-state index in [1.807, 2.05) is 0 Å². The minimum absolute atomic E-state index is 0.0437. The third-order valence-corrected chi connectivity index (χ3v) is 11.5. The van der Waals surface area contributed by atoms with Gasteiger partial charge in [-0.1, -0.05) is 216 Å². The van der Waals surface area contributed by atoms with Gasteiger partial charge in [0.25, 0.3) is 0 Å². The lowest BCUT2D eigenvalue weighted by Gasteiger charge is -2.24. The van der Waals surface area contributed by atoms with Gasteiger partial charge in [-0.3, -0.25) is 9.59 Å². The number of rotatable bonds is 46. The highest BCUT2D eigenvalue weighted by atomic mass is 16.5. The second-order valence-electron chi connectivity index (χ2n) is 17.5. The number of hydrogen-bond donors (Lipinski definition) is 3. The van der Waals surface area contributed by atoms with Gasteiger partial charge in [0.05, 0.1) is 25.2 Å². The summed E-state index contributed by atoms with van der Waals surface area (Å²) in [7, 11) is 0. The summed E-state index contributed by atoms with van der Waals surface area (Å²) in [6.07, 6.45) is 62.5. The lowest BCUT2D eigenvalue weighted by atomic mass is 10.0. The molecule has 6 heteroatoms. The molecule has 0 aromatic rings. The number of carbonyl (C=O) groups is 2. The third-order valence-electron chi connectivity index (χ3n) is 11.5.